The van der Waals surface area contributed by atoms with Gasteiger partial charge in [0.2, 0.25) is 0 Å². The van der Waals surface area contributed by atoms with E-state index in [0.717, 1.165) is 31.0 Å². The SMILES string of the molecule is C#CCOc1cc(CN=C(NCC)NCCCCC)ccc1OC. The van der Waals surface area contributed by atoms with E-state index in [2.05, 4.69) is 35.4 Å². The fourth-order valence-corrected chi connectivity index (χ4v) is 2.15. The van der Waals surface area contributed by atoms with Crippen LogP contribution in [0.5, 0.6) is 11.5 Å². The minimum Gasteiger partial charge on any atom is -0.493 e. The molecule has 0 aliphatic carbocycles. The van der Waals surface area contributed by atoms with Crippen molar-refractivity contribution in [2.45, 2.75) is 39.7 Å². The summed E-state index contributed by atoms with van der Waals surface area (Å²) in [5.41, 5.74) is 1.04. The van der Waals surface area contributed by atoms with Crippen LogP contribution in [-0.4, -0.2) is 32.8 Å². The number of terminal acetylenes is 1. The molecule has 0 atom stereocenters. The molecule has 0 fully saturated rings. The molecule has 0 unspecified atom stereocenters. The van der Waals surface area contributed by atoms with Crippen LogP contribution in [0.25, 0.3) is 0 Å². The van der Waals surface area contributed by atoms with Crippen LogP contribution in [0.3, 0.4) is 0 Å². The van der Waals surface area contributed by atoms with Crippen LogP contribution >= 0.6 is 0 Å². The van der Waals surface area contributed by atoms with Crippen molar-refractivity contribution in [2.75, 3.05) is 26.8 Å². The van der Waals surface area contributed by atoms with Crippen molar-refractivity contribution >= 4 is 5.96 Å². The number of hydrogen-bond donors (Lipinski definition) is 2. The molecule has 0 radical (unpaired) electrons. The average Bonchev–Trinajstić information content (AvgIpc) is 2.61. The lowest BCUT2D eigenvalue weighted by atomic mass is 10.2. The molecule has 0 aromatic heterocycles. The van der Waals surface area contributed by atoms with Gasteiger partial charge in [0.1, 0.15) is 6.61 Å². The van der Waals surface area contributed by atoms with Gasteiger partial charge in [0.15, 0.2) is 17.5 Å². The third-order valence-corrected chi connectivity index (χ3v) is 3.38. The Morgan fingerprint density at radius 1 is 1.21 bits per heavy atom. The molecule has 1 rings (SSSR count). The maximum atomic E-state index is 5.52. The predicted molar refractivity (Wildman–Crippen MR) is 99.7 cm³/mol. The molecular weight excluding hydrogens is 302 g/mol. The molecule has 2 N–H and O–H groups in total. The molecule has 24 heavy (non-hydrogen) atoms. The van der Waals surface area contributed by atoms with Gasteiger partial charge in [0.05, 0.1) is 13.7 Å². The molecule has 0 saturated heterocycles. The Bertz CT molecular complexity index is 550. The van der Waals surface area contributed by atoms with Crippen LogP contribution in [0, 0.1) is 12.3 Å². The van der Waals surface area contributed by atoms with Gasteiger partial charge in [-0.05, 0) is 31.0 Å². The molecule has 5 heteroatoms. The highest BCUT2D eigenvalue weighted by molar-refractivity contribution is 5.79. The third kappa shape index (κ3) is 7.28. The van der Waals surface area contributed by atoms with E-state index < -0.39 is 0 Å². The molecule has 0 aliphatic heterocycles. The Morgan fingerprint density at radius 2 is 2.04 bits per heavy atom. The monoisotopic (exact) mass is 331 g/mol. The van der Waals surface area contributed by atoms with Crippen molar-refractivity contribution in [3.63, 3.8) is 0 Å². The number of unbranched alkanes of at least 4 members (excludes halogenated alkanes) is 2. The number of benzene rings is 1. The predicted octanol–water partition coefficient (Wildman–Crippen LogP) is 2.95. The largest absolute Gasteiger partial charge is 0.493 e. The standard InChI is InChI=1S/C19H29N3O2/c1-5-8-9-12-21-19(20-7-3)22-15-16-10-11-17(23-4)18(14-16)24-13-6-2/h2,10-11,14H,5,7-9,12-13,15H2,1,3-4H3,(H2,20,21,22). The summed E-state index contributed by atoms with van der Waals surface area (Å²) in [5, 5.41) is 6.61. The Labute approximate surface area is 145 Å². The molecule has 132 valence electrons. The van der Waals surface area contributed by atoms with Gasteiger partial charge in [-0.2, -0.15) is 0 Å². The Kier molecular flexibility index (Phi) is 9.95. The van der Waals surface area contributed by atoms with E-state index in [0.29, 0.717) is 18.0 Å². The highest BCUT2D eigenvalue weighted by atomic mass is 16.5. The summed E-state index contributed by atoms with van der Waals surface area (Å²) in [4.78, 5) is 4.62. The molecule has 1 aromatic rings. The molecule has 0 spiro atoms. The van der Waals surface area contributed by atoms with Gasteiger partial charge >= 0.3 is 0 Å². The smallest absolute Gasteiger partial charge is 0.191 e. The molecular formula is C19H29N3O2. The van der Waals surface area contributed by atoms with Crippen LogP contribution in [0.2, 0.25) is 0 Å². The van der Waals surface area contributed by atoms with E-state index in [1.807, 2.05) is 18.2 Å². The summed E-state index contributed by atoms with van der Waals surface area (Å²) in [6, 6.07) is 5.77. The molecule has 0 aliphatic rings. The van der Waals surface area contributed by atoms with Gasteiger partial charge in [-0.25, -0.2) is 4.99 Å². The van der Waals surface area contributed by atoms with Crippen molar-refractivity contribution < 1.29 is 9.47 Å². The van der Waals surface area contributed by atoms with Crippen molar-refractivity contribution in [3.8, 4) is 23.8 Å². The highest BCUT2D eigenvalue weighted by Crippen LogP contribution is 2.28. The van der Waals surface area contributed by atoms with Gasteiger partial charge in [-0.15, -0.1) is 6.42 Å². The second kappa shape index (κ2) is 12.1. The van der Waals surface area contributed by atoms with Gasteiger partial charge in [0.25, 0.3) is 0 Å². The zero-order chi connectivity index (χ0) is 17.6. The third-order valence-electron chi connectivity index (χ3n) is 3.38. The summed E-state index contributed by atoms with van der Waals surface area (Å²) < 4.78 is 10.8. The first kappa shape index (κ1) is 19.7. The fraction of sp³-hybridized carbons (Fsp3) is 0.526. The van der Waals surface area contributed by atoms with Crippen molar-refractivity contribution in [2.24, 2.45) is 4.99 Å². The van der Waals surface area contributed by atoms with Crippen LogP contribution in [0.1, 0.15) is 38.7 Å². The number of aliphatic imine (C=N–C) groups is 1. The van der Waals surface area contributed by atoms with Crippen molar-refractivity contribution in [3.05, 3.63) is 23.8 Å². The van der Waals surface area contributed by atoms with E-state index >= 15 is 0 Å². The van der Waals surface area contributed by atoms with Crippen molar-refractivity contribution in [1.82, 2.24) is 10.6 Å². The first-order chi connectivity index (χ1) is 11.7. The number of guanidine groups is 1. The summed E-state index contributed by atoms with van der Waals surface area (Å²) in [5.74, 6) is 4.60. The topological polar surface area (TPSA) is 54.9 Å². The number of nitrogens with zero attached hydrogens (tertiary/aromatic N) is 1. The minimum atomic E-state index is 0.213. The zero-order valence-electron chi connectivity index (χ0n) is 15.0. The summed E-state index contributed by atoms with van der Waals surface area (Å²) in [7, 11) is 1.61. The van der Waals surface area contributed by atoms with Gasteiger partial charge in [-0.1, -0.05) is 31.8 Å². The normalized spacial score (nSPS) is 10.8. The second-order valence-electron chi connectivity index (χ2n) is 5.31. The number of hydrogen-bond acceptors (Lipinski definition) is 3. The van der Waals surface area contributed by atoms with Crippen molar-refractivity contribution in [1.29, 1.82) is 0 Å². The summed E-state index contributed by atoms with van der Waals surface area (Å²) >= 11 is 0. The van der Waals surface area contributed by atoms with Crippen LogP contribution in [0.4, 0.5) is 0 Å². The van der Waals surface area contributed by atoms with E-state index in [-0.39, 0.29) is 6.61 Å². The Balaban J connectivity index is 2.71. The first-order valence-corrected chi connectivity index (χ1v) is 8.50. The molecule has 0 saturated carbocycles. The van der Waals surface area contributed by atoms with Crippen LogP contribution in [0.15, 0.2) is 23.2 Å². The lowest BCUT2D eigenvalue weighted by molar-refractivity contribution is 0.330. The maximum absolute atomic E-state index is 5.52. The fourth-order valence-electron chi connectivity index (χ4n) is 2.15. The minimum absolute atomic E-state index is 0.213. The molecule has 1 aromatic carbocycles. The molecule has 5 nitrogen and oxygen atoms in total. The lowest BCUT2D eigenvalue weighted by Crippen LogP contribution is -2.37. The van der Waals surface area contributed by atoms with Gasteiger partial charge < -0.3 is 20.1 Å². The first-order valence-electron chi connectivity index (χ1n) is 8.50. The zero-order valence-corrected chi connectivity index (χ0v) is 15.0. The second-order valence-corrected chi connectivity index (χ2v) is 5.31. The van der Waals surface area contributed by atoms with E-state index in [4.69, 9.17) is 15.9 Å². The Hall–Kier alpha value is -2.35. The lowest BCUT2D eigenvalue weighted by Gasteiger charge is -2.12. The molecule has 0 heterocycles. The van der Waals surface area contributed by atoms with E-state index in [1.165, 1.54) is 12.8 Å². The number of ether oxygens (including phenoxy) is 2. The van der Waals surface area contributed by atoms with Crippen LogP contribution in [-0.2, 0) is 6.54 Å². The molecule has 0 amide bonds. The highest BCUT2D eigenvalue weighted by Gasteiger charge is 2.06. The number of methoxy groups -OCH3 is 1. The number of nitrogens with one attached hydrogen (secondary N) is 2. The summed E-state index contributed by atoms with van der Waals surface area (Å²) in [6.45, 7) is 6.78. The van der Waals surface area contributed by atoms with E-state index in [9.17, 15) is 0 Å². The molecule has 0 bridgehead atoms. The quantitative estimate of drug-likeness (QED) is 0.300. The van der Waals surface area contributed by atoms with E-state index in [1.54, 1.807) is 7.11 Å². The van der Waals surface area contributed by atoms with Gasteiger partial charge in [-0.3, -0.25) is 0 Å². The summed E-state index contributed by atoms with van der Waals surface area (Å²) in [6.07, 6.45) is 8.83. The maximum Gasteiger partial charge on any atom is 0.191 e. The number of rotatable bonds is 10. The average molecular weight is 331 g/mol. The van der Waals surface area contributed by atoms with Gasteiger partial charge in [0, 0.05) is 13.1 Å². The Morgan fingerprint density at radius 3 is 2.71 bits per heavy atom. The van der Waals surface area contributed by atoms with Crippen LogP contribution < -0.4 is 20.1 Å².